The molecule has 1 unspecified atom stereocenters. The molecular formula is C13H18N4OS. The van der Waals surface area contributed by atoms with Crippen LogP contribution in [0.4, 0.5) is 5.13 Å². The molecule has 0 saturated carbocycles. The fourth-order valence-corrected chi connectivity index (χ4v) is 2.53. The van der Waals surface area contributed by atoms with Crippen LogP contribution >= 0.6 is 11.3 Å². The minimum absolute atomic E-state index is 0.168. The maximum absolute atomic E-state index is 9.06. The van der Waals surface area contributed by atoms with Gasteiger partial charge >= 0.3 is 0 Å². The Bertz CT molecular complexity index is 500. The number of aliphatic hydroxyl groups is 1. The second-order valence-corrected chi connectivity index (χ2v) is 5.61. The maximum Gasteiger partial charge on any atom is 0.206 e. The summed E-state index contributed by atoms with van der Waals surface area (Å²) in [5.74, 6) is 0.425. The molecule has 0 spiro atoms. The van der Waals surface area contributed by atoms with Crippen molar-refractivity contribution in [3.63, 3.8) is 0 Å². The molecule has 2 rings (SSSR count). The summed E-state index contributed by atoms with van der Waals surface area (Å²) in [6.45, 7) is 4.41. The molecule has 0 aliphatic carbocycles. The van der Waals surface area contributed by atoms with E-state index in [0.29, 0.717) is 12.3 Å². The monoisotopic (exact) mass is 278 g/mol. The SMILES string of the molecule is CC(C)C(CCO)Nc1nnc(-c2ccccn2)s1. The molecule has 2 heterocycles. The molecule has 2 aromatic rings. The number of hydrogen-bond acceptors (Lipinski definition) is 6. The molecule has 2 aromatic heterocycles. The molecule has 0 aromatic carbocycles. The standard InChI is InChI=1S/C13H18N4OS/c1-9(2)10(6-8-18)15-13-17-16-12(19-13)11-5-3-4-7-14-11/h3-5,7,9-10,18H,6,8H2,1-2H3,(H,15,17). The molecule has 0 aliphatic heterocycles. The molecule has 0 radical (unpaired) electrons. The first-order valence-electron chi connectivity index (χ1n) is 6.33. The lowest BCUT2D eigenvalue weighted by molar-refractivity contribution is 0.267. The second kappa shape index (κ2) is 6.58. The zero-order chi connectivity index (χ0) is 13.7. The minimum atomic E-state index is 0.168. The molecule has 1 atom stereocenters. The molecule has 0 fully saturated rings. The van der Waals surface area contributed by atoms with Crippen molar-refractivity contribution in [2.45, 2.75) is 26.3 Å². The Labute approximate surface area is 116 Å². The van der Waals surface area contributed by atoms with Crippen LogP contribution in [0, 0.1) is 5.92 Å². The fraction of sp³-hybridized carbons (Fsp3) is 0.462. The normalized spacial score (nSPS) is 12.6. The lowest BCUT2D eigenvalue weighted by Crippen LogP contribution is -2.26. The summed E-state index contributed by atoms with van der Waals surface area (Å²) in [6, 6.07) is 5.92. The average Bonchev–Trinajstić information content (AvgIpc) is 2.88. The average molecular weight is 278 g/mol. The summed E-state index contributed by atoms with van der Waals surface area (Å²) in [5, 5.41) is 22.2. The molecule has 5 nitrogen and oxygen atoms in total. The first-order valence-corrected chi connectivity index (χ1v) is 7.14. The molecule has 0 amide bonds. The van der Waals surface area contributed by atoms with Gasteiger partial charge in [0.15, 0.2) is 5.01 Å². The molecule has 6 heteroatoms. The van der Waals surface area contributed by atoms with Gasteiger partial charge in [-0.1, -0.05) is 31.3 Å². The van der Waals surface area contributed by atoms with Gasteiger partial charge in [-0.05, 0) is 24.5 Å². The van der Waals surface area contributed by atoms with Crippen molar-refractivity contribution >= 4 is 16.5 Å². The smallest absolute Gasteiger partial charge is 0.206 e. The van der Waals surface area contributed by atoms with E-state index in [9.17, 15) is 0 Å². The summed E-state index contributed by atoms with van der Waals surface area (Å²) in [6.07, 6.45) is 2.45. The molecule has 0 aliphatic rings. The summed E-state index contributed by atoms with van der Waals surface area (Å²) in [5.41, 5.74) is 0.830. The van der Waals surface area contributed by atoms with Crippen LogP contribution in [0.3, 0.4) is 0 Å². The van der Waals surface area contributed by atoms with Crippen LogP contribution in [0.2, 0.25) is 0 Å². The molecule has 2 N–H and O–H groups in total. The van der Waals surface area contributed by atoms with Crippen LogP contribution in [-0.4, -0.2) is 32.9 Å². The van der Waals surface area contributed by atoms with E-state index in [1.54, 1.807) is 6.20 Å². The number of nitrogens with zero attached hydrogens (tertiary/aromatic N) is 3. The highest BCUT2D eigenvalue weighted by Gasteiger charge is 2.15. The quantitative estimate of drug-likeness (QED) is 0.849. The van der Waals surface area contributed by atoms with Gasteiger partial charge in [0.2, 0.25) is 5.13 Å². The minimum Gasteiger partial charge on any atom is -0.396 e. The van der Waals surface area contributed by atoms with Crippen molar-refractivity contribution in [1.29, 1.82) is 0 Å². The lowest BCUT2D eigenvalue weighted by atomic mass is 10.0. The molecule has 0 bridgehead atoms. The Hall–Kier alpha value is -1.53. The molecule has 19 heavy (non-hydrogen) atoms. The highest BCUT2D eigenvalue weighted by molar-refractivity contribution is 7.18. The first-order chi connectivity index (χ1) is 9.20. The Morgan fingerprint density at radius 2 is 2.16 bits per heavy atom. The van der Waals surface area contributed by atoms with Gasteiger partial charge in [-0.25, -0.2) is 0 Å². The van der Waals surface area contributed by atoms with E-state index in [1.807, 2.05) is 18.2 Å². The van der Waals surface area contributed by atoms with Crippen molar-refractivity contribution in [1.82, 2.24) is 15.2 Å². The first kappa shape index (κ1) is 13.9. The van der Waals surface area contributed by atoms with Crippen molar-refractivity contribution in [2.24, 2.45) is 5.92 Å². The van der Waals surface area contributed by atoms with Crippen LogP contribution in [0.1, 0.15) is 20.3 Å². The fourth-order valence-electron chi connectivity index (χ4n) is 1.74. The van der Waals surface area contributed by atoms with Gasteiger partial charge in [-0.15, -0.1) is 10.2 Å². The third kappa shape index (κ3) is 3.71. The van der Waals surface area contributed by atoms with Crippen LogP contribution < -0.4 is 5.32 Å². The van der Waals surface area contributed by atoms with Crippen molar-refractivity contribution in [3.8, 4) is 10.7 Å². The van der Waals surface area contributed by atoms with E-state index in [0.717, 1.165) is 15.8 Å². The van der Waals surface area contributed by atoms with Crippen molar-refractivity contribution in [2.75, 3.05) is 11.9 Å². The van der Waals surface area contributed by atoms with Gasteiger partial charge in [-0.2, -0.15) is 0 Å². The van der Waals surface area contributed by atoms with Gasteiger partial charge in [0, 0.05) is 18.8 Å². The van der Waals surface area contributed by atoms with E-state index in [1.165, 1.54) is 11.3 Å². The molecular weight excluding hydrogens is 260 g/mol. The number of hydrogen-bond donors (Lipinski definition) is 2. The van der Waals surface area contributed by atoms with E-state index in [2.05, 4.69) is 34.3 Å². The van der Waals surface area contributed by atoms with Crippen LogP contribution in [0.5, 0.6) is 0 Å². The van der Waals surface area contributed by atoms with Crippen molar-refractivity contribution < 1.29 is 5.11 Å². The van der Waals surface area contributed by atoms with E-state index in [4.69, 9.17) is 5.11 Å². The van der Waals surface area contributed by atoms with Crippen molar-refractivity contribution in [3.05, 3.63) is 24.4 Å². The van der Waals surface area contributed by atoms with Crippen LogP contribution in [0.15, 0.2) is 24.4 Å². The van der Waals surface area contributed by atoms with Gasteiger partial charge in [-0.3, -0.25) is 4.98 Å². The van der Waals surface area contributed by atoms with E-state index >= 15 is 0 Å². The maximum atomic E-state index is 9.06. The lowest BCUT2D eigenvalue weighted by Gasteiger charge is -2.20. The predicted molar refractivity (Wildman–Crippen MR) is 77.1 cm³/mol. The molecule has 0 saturated heterocycles. The largest absolute Gasteiger partial charge is 0.396 e. The molecule has 102 valence electrons. The predicted octanol–water partition coefficient (Wildman–Crippen LogP) is 2.42. The Balaban J connectivity index is 2.09. The number of nitrogens with one attached hydrogen (secondary N) is 1. The van der Waals surface area contributed by atoms with Gasteiger partial charge in [0.1, 0.15) is 5.69 Å². The van der Waals surface area contributed by atoms with Crippen LogP contribution in [0.25, 0.3) is 10.7 Å². The van der Waals surface area contributed by atoms with Crippen LogP contribution in [-0.2, 0) is 0 Å². The highest BCUT2D eigenvalue weighted by atomic mass is 32.1. The third-order valence-electron chi connectivity index (χ3n) is 2.86. The summed E-state index contributed by atoms with van der Waals surface area (Å²) >= 11 is 1.48. The van der Waals surface area contributed by atoms with E-state index in [-0.39, 0.29) is 12.6 Å². The summed E-state index contributed by atoms with van der Waals surface area (Å²) in [4.78, 5) is 4.25. The number of pyridine rings is 1. The van der Waals surface area contributed by atoms with Gasteiger partial charge in [0.05, 0.1) is 0 Å². The zero-order valence-corrected chi connectivity index (χ0v) is 11.9. The third-order valence-corrected chi connectivity index (χ3v) is 3.74. The Morgan fingerprint density at radius 1 is 1.32 bits per heavy atom. The summed E-state index contributed by atoms with van der Waals surface area (Å²) < 4.78 is 0. The number of aromatic nitrogens is 3. The second-order valence-electron chi connectivity index (χ2n) is 4.63. The summed E-state index contributed by atoms with van der Waals surface area (Å²) in [7, 11) is 0. The number of anilines is 1. The Morgan fingerprint density at radius 3 is 2.79 bits per heavy atom. The van der Waals surface area contributed by atoms with Gasteiger partial charge < -0.3 is 10.4 Å². The van der Waals surface area contributed by atoms with E-state index < -0.39 is 0 Å². The highest BCUT2D eigenvalue weighted by Crippen LogP contribution is 2.26. The van der Waals surface area contributed by atoms with Gasteiger partial charge in [0.25, 0.3) is 0 Å². The Kier molecular flexibility index (Phi) is 4.81. The number of aliphatic hydroxyl groups excluding tert-OH is 1. The topological polar surface area (TPSA) is 70.9 Å². The zero-order valence-electron chi connectivity index (χ0n) is 11.1. The number of rotatable bonds is 6.